The van der Waals surface area contributed by atoms with E-state index in [9.17, 15) is 17.6 Å². The van der Waals surface area contributed by atoms with E-state index >= 15 is 0 Å². The average Bonchev–Trinajstić information content (AvgIpc) is 2.69. The van der Waals surface area contributed by atoms with E-state index in [0.717, 1.165) is 6.26 Å². The SMILES string of the molecule is CS(=O)(=O)N1CCCC(NC(=O)/C=C/c2ccc(Oc3cccnc3)c(F)c2)C1. The molecule has 1 N–H and O–H groups in total. The van der Waals surface area contributed by atoms with Gasteiger partial charge in [-0.1, -0.05) is 6.07 Å². The first kappa shape index (κ1) is 20.9. The predicted octanol–water partition coefficient (Wildman–Crippen LogP) is 2.57. The molecular weight excluding hydrogens is 397 g/mol. The van der Waals surface area contributed by atoms with Crippen LogP contribution in [-0.2, 0) is 14.8 Å². The fourth-order valence-corrected chi connectivity index (χ4v) is 3.93. The van der Waals surface area contributed by atoms with Crippen LogP contribution in [0.15, 0.2) is 48.8 Å². The molecule has 1 saturated heterocycles. The summed E-state index contributed by atoms with van der Waals surface area (Å²) in [5.41, 5.74) is 0.498. The molecule has 0 spiro atoms. The van der Waals surface area contributed by atoms with E-state index in [0.29, 0.717) is 30.7 Å². The lowest BCUT2D eigenvalue weighted by atomic mass is 10.1. The highest BCUT2D eigenvalue weighted by molar-refractivity contribution is 7.88. The second-order valence-corrected chi connectivity index (χ2v) is 8.77. The Bertz CT molecular complexity index is 996. The Morgan fingerprint density at radius 1 is 1.38 bits per heavy atom. The molecule has 2 aromatic rings. The van der Waals surface area contributed by atoms with Gasteiger partial charge in [0.15, 0.2) is 11.6 Å². The minimum Gasteiger partial charge on any atom is -0.453 e. The lowest BCUT2D eigenvalue weighted by molar-refractivity contribution is -0.117. The van der Waals surface area contributed by atoms with Gasteiger partial charge in [0, 0.05) is 31.4 Å². The van der Waals surface area contributed by atoms with Crippen LogP contribution in [0.1, 0.15) is 18.4 Å². The van der Waals surface area contributed by atoms with Crippen LogP contribution in [0.4, 0.5) is 4.39 Å². The first-order chi connectivity index (χ1) is 13.8. The number of rotatable bonds is 6. The maximum Gasteiger partial charge on any atom is 0.244 e. The summed E-state index contributed by atoms with van der Waals surface area (Å²) in [6, 6.07) is 7.48. The topological polar surface area (TPSA) is 88.6 Å². The van der Waals surface area contributed by atoms with Crippen molar-refractivity contribution >= 4 is 22.0 Å². The number of nitrogens with one attached hydrogen (secondary N) is 1. The largest absolute Gasteiger partial charge is 0.453 e. The Labute approximate surface area is 169 Å². The van der Waals surface area contributed by atoms with E-state index < -0.39 is 15.8 Å². The number of amides is 1. The number of carbonyl (C=O) groups excluding carboxylic acids is 1. The van der Waals surface area contributed by atoms with Gasteiger partial charge in [0.05, 0.1) is 12.5 Å². The van der Waals surface area contributed by atoms with Crippen molar-refractivity contribution in [3.63, 3.8) is 0 Å². The van der Waals surface area contributed by atoms with Gasteiger partial charge in [0.25, 0.3) is 0 Å². The van der Waals surface area contributed by atoms with Gasteiger partial charge in [-0.15, -0.1) is 0 Å². The first-order valence-corrected chi connectivity index (χ1v) is 11.0. The highest BCUT2D eigenvalue weighted by atomic mass is 32.2. The molecule has 1 aromatic carbocycles. The number of sulfonamides is 1. The standard InChI is InChI=1S/C20H22FN3O4S/c1-29(26,27)24-11-3-4-16(14-24)23-20(25)9-7-15-6-8-19(18(21)12-15)28-17-5-2-10-22-13-17/h2,5-10,12-13,16H,3-4,11,14H2,1H3,(H,23,25)/b9-7+. The van der Waals surface area contributed by atoms with Gasteiger partial charge in [0.2, 0.25) is 15.9 Å². The van der Waals surface area contributed by atoms with E-state index in [-0.39, 0.29) is 24.2 Å². The predicted molar refractivity (Wildman–Crippen MR) is 107 cm³/mol. The van der Waals surface area contributed by atoms with Gasteiger partial charge < -0.3 is 10.1 Å². The van der Waals surface area contributed by atoms with Gasteiger partial charge in [-0.05, 0) is 48.7 Å². The van der Waals surface area contributed by atoms with Crippen molar-refractivity contribution in [1.82, 2.24) is 14.6 Å². The molecule has 0 radical (unpaired) electrons. The third-order valence-corrected chi connectivity index (χ3v) is 5.71. The zero-order valence-electron chi connectivity index (χ0n) is 15.9. The van der Waals surface area contributed by atoms with Crippen LogP contribution in [-0.4, -0.2) is 49.0 Å². The van der Waals surface area contributed by atoms with Gasteiger partial charge in [-0.2, -0.15) is 0 Å². The van der Waals surface area contributed by atoms with Crippen molar-refractivity contribution in [3.05, 3.63) is 60.2 Å². The summed E-state index contributed by atoms with van der Waals surface area (Å²) in [5, 5.41) is 2.79. The molecule has 29 heavy (non-hydrogen) atoms. The fraction of sp³-hybridized carbons (Fsp3) is 0.300. The molecule has 0 bridgehead atoms. The Morgan fingerprint density at radius 3 is 2.90 bits per heavy atom. The monoisotopic (exact) mass is 419 g/mol. The van der Waals surface area contributed by atoms with Crippen LogP contribution in [0.2, 0.25) is 0 Å². The number of hydrogen-bond acceptors (Lipinski definition) is 5. The number of nitrogens with zero attached hydrogens (tertiary/aromatic N) is 2. The summed E-state index contributed by atoms with van der Waals surface area (Å²) in [4.78, 5) is 16.0. The molecule has 9 heteroatoms. The van der Waals surface area contributed by atoms with Crippen molar-refractivity contribution < 1.29 is 22.3 Å². The molecule has 154 valence electrons. The van der Waals surface area contributed by atoms with Crippen LogP contribution >= 0.6 is 0 Å². The number of benzene rings is 1. The minimum absolute atomic E-state index is 0.0580. The molecule has 1 aromatic heterocycles. The molecule has 0 saturated carbocycles. The molecule has 1 fully saturated rings. The third-order valence-electron chi connectivity index (χ3n) is 4.44. The Hall–Kier alpha value is -2.78. The van der Waals surface area contributed by atoms with E-state index in [1.807, 2.05) is 0 Å². The van der Waals surface area contributed by atoms with Gasteiger partial charge in [0.1, 0.15) is 5.75 Å². The van der Waals surface area contributed by atoms with Crippen LogP contribution in [0.25, 0.3) is 6.08 Å². The lowest BCUT2D eigenvalue weighted by Crippen LogP contribution is -2.48. The van der Waals surface area contributed by atoms with Crippen LogP contribution in [0.5, 0.6) is 11.5 Å². The van der Waals surface area contributed by atoms with Crippen molar-refractivity contribution in [2.75, 3.05) is 19.3 Å². The zero-order chi connectivity index (χ0) is 20.9. The Morgan fingerprint density at radius 2 is 2.21 bits per heavy atom. The van der Waals surface area contributed by atoms with Crippen LogP contribution in [0, 0.1) is 5.82 Å². The number of pyridine rings is 1. The number of carbonyl (C=O) groups is 1. The molecule has 1 unspecified atom stereocenters. The van der Waals surface area contributed by atoms with Crippen LogP contribution < -0.4 is 10.1 Å². The van der Waals surface area contributed by atoms with Crippen molar-refractivity contribution in [2.45, 2.75) is 18.9 Å². The molecule has 1 aliphatic rings. The normalized spacial score (nSPS) is 17.9. The maximum atomic E-state index is 14.2. The van der Waals surface area contributed by atoms with Gasteiger partial charge >= 0.3 is 0 Å². The molecule has 2 heterocycles. The molecular formula is C20H22FN3O4S. The molecule has 7 nitrogen and oxygen atoms in total. The van der Waals surface area contributed by atoms with E-state index in [2.05, 4.69) is 10.3 Å². The van der Waals surface area contributed by atoms with Crippen molar-refractivity contribution in [1.29, 1.82) is 0 Å². The summed E-state index contributed by atoms with van der Waals surface area (Å²) in [7, 11) is -3.27. The highest BCUT2D eigenvalue weighted by Gasteiger charge is 2.26. The number of ether oxygens (including phenoxy) is 1. The highest BCUT2D eigenvalue weighted by Crippen LogP contribution is 2.24. The van der Waals surface area contributed by atoms with Gasteiger partial charge in [-0.25, -0.2) is 17.1 Å². The van der Waals surface area contributed by atoms with E-state index in [1.165, 1.54) is 34.8 Å². The molecule has 3 rings (SSSR count). The van der Waals surface area contributed by atoms with Crippen molar-refractivity contribution in [3.8, 4) is 11.5 Å². The van der Waals surface area contributed by atoms with E-state index in [1.54, 1.807) is 24.4 Å². The average molecular weight is 419 g/mol. The number of hydrogen-bond donors (Lipinski definition) is 1. The smallest absolute Gasteiger partial charge is 0.244 e. The number of aromatic nitrogens is 1. The summed E-state index contributed by atoms with van der Waals surface area (Å²) < 4.78 is 44.3. The van der Waals surface area contributed by atoms with Crippen LogP contribution in [0.3, 0.4) is 0 Å². The van der Waals surface area contributed by atoms with E-state index in [4.69, 9.17) is 4.74 Å². The molecule has 1 atom stereocenters. The molecule has 0 aliphatic carbocycles. The second-order valence-electron chi connectivity index (χ2n) is 6.78. The first-order valence-electron chi connectivity index (χ1n) is 9.12. The third kappa shape index (κ3) is 6.10. The number of piperidine rings is 1. The summed E-state index contributed by atoms with van der Waals surface area (Å²) >= 11 is 0. The maximum absolute atomic E-state index is 14.2. The summed E-state index contributed by atoms with van der Waals surface area (Å²) in [6.45, 7) is 0.723. The minimum atomic E-state index is -3.27. The Kier molecular flexibility index (Phi) is 6.60. The zero-order valence-corrected chi connectivity index (χ0v) is 16.7. The fourth-order valence-electron chi connectivity index (χ4n) is 3.02. The Balaban J connectivity index is 1.58. The molecule has 1 aliphatic heterocycles. The summed E-state index contributed by atoms with van der Waals surface area (Å²) in [5.74, 6) is -0.443. The van der Waals surface area contributed by atoms with Gasteiger partial charge in [-0.3, -0.25) is 9.78 Å². The lowest BCUT2D eigenvalue weighted by Gasteiger charge is -2.31. The summed E-state index contributed by atoms with van der Waals surface area (Å²) in [6.07, 6.45) is 8.42. The van der Waals surface area contributed by atoms with Crippen molar-refractivity contribution in [2.24, 2.45) is 0 Å². The second kappa shape index (κ2) is 9.15. The number of halogens is 1. The molecule has 1 amide bonds. The quantitative estimate of drug-likeness (QED) is 0.727.